The molecule has 0 bridgehead atoms. The third kappa shape index (κ3) is 54.9. The van der Waals surface area contributed by atoms with Gasteiger partial charge in [0.05, 0.1) is 43.5 Å². The van der Waals surface area contributed by atoms with Crippen molar-refractivity contribution >= 4 is 237 Å². The molecular weight excluding hydrogens is 2740 g/mol. The number of aryl methyl sites for hydroxylation is 1. The Hall–Kier alpha value is 6.84. The second-order valence-corrected chi connectivity index (χ2v) is 52.4. The van der Waals surface area contributed by atoms with Crippen LogP contribution in [0.2, 0.25) is 0 Å². The summed E-state index contributed by atoms with van der Waals surface area (Å²) in [5.41, 5.74) is -3.24. The minimum Gasteiger partial charge on any atom is -1.00 e. The van der Waals surface area contributed by atoms with Crippen molar-refractivity contribution in [3.8, 4) is 0 Å². The molecule has 11 saturated carbocycles. The van der Waals surface area contributed by atoms with Gasteiger partial charge in [-0.1, -0.05) is 204 Å². The Morgan fingerprint density at radius 2 is 0.893 bits per heavy atom. The molecule has 6 unspecified atom stereocenters. The van der Waals surface area contributed by atoms with E-state index in [1.807, 2.05) is 19.7 Å². The van der Waals surface area contributed by atoms with Gasteiger partial charge in [0.25, 0.3) is 62.4 Å². The summed E-state index contributed by atoms with van der Waals surface area (Å²) in [6.07, 6.45) is 23.0. The summed E-state index contributed by atoms with van der Waals surface area (Å²) in [6.45, 7) is 16.5. The first-order valence-electron chi connectivity index (χ1n) is 38.0. The monoisotopic (exact) mass is 2870 g/mol. The topological polar surface area (TPSA) is 104 Å². The summed E-state index contributed by atoms with van der Waals surface area (Å²) in [5.74, 6) is -23.6. The zero-order chi connectivity index (χ0) is 92.5. The average molecular weight is 2870 g/mol. The van der Waals surface area contributed by atoms with E-state index in [-0.39, 0.29) is 320 Å². The fraction of sp³-hybridized carbons (Fsp3) is 0.805. The normalized spacial score (nSPS) is 25.1. The van der Waals surface area contributed by atoms with Crippen LogP contribution in [-0.2, 0) is 134 Å². The predicted octanol–water partition coefficient (Wildman–Crippen LogP) is 17.3. The van der Waals surface area contributed by atoms with Gasteiger partial charge in [0, 0.05) is 246 Å². The molecule has 2 radical (unpaired) electrons. The summed E-state index contributed by atoms with van der Waals surface area (Å²) in [5, 5.41) is 18.5. The van der Waals surface area contributed by atoms with E-state index >= 15 is 0 Å². The molecule has 762 valence electrons. The molecule has 5 spiro atoms. The second-order valence-electron chi connectivity index (χ2n) is 30.8. The van der Waals surface area contributed by atoms with E-state index in [0.29, 0.717) is 116 Å². The maximum absolute atomic E-state index is 13.2. The van der Waals surface area contributed by atoms with E-state index in [1.165, 1.54) is 56.5 Å². The van der Waals surface area contributed by atoms with E-state index in [9.17, 15) is 97.3 Å². The molecule has 6 atom stereocenters. The van der Waals surface area contributed by atoms with Crippen LogP contribution in [0.1, 0.15) is 285 Å². The molecule has 1 aromatic rings. The van der Waals surface area contributed by atoms with E-state index in [0.717, 1.165) is 25.5 Å². The van der Waals surface area contributed by atoms with Crippen molar-refractivity contribution in [3.05, 3.63) is 85.4 Å². The van der Waals surface area contributed by atoms with Crippen molar-refractivity contribution in [2.24, 2.45) is 44.8 Å². The van der Waals surface area contributed by atoms with E-state index in [4.69, 9.17) is 17.1 Å². The number of carbonyl (C=O) groups excluding carboxylic acids is 1. The average Bonchev–Trinajstić information content (AvgIpc) is 1.51. The molecule has 0 saturated heterocycles. The van der Waals surface area contributed by atoms with Crippen molar-refractivity contribution < 1.29 is 260 Å². The molecule has 6 nitrogen and oxygen atoms in total. The molecule has 49 heteroatoms. The molecule has 14 aliphatic rings. The molecule has 15 rings (SSSR count). The summed E-state index contributed by atoms with van der Waals surface area (Å²) >= 11 is 30.8. The zero-order valence-electron chi connectivity index (χ0n) is 71.4. The maximum atomic E-state index is 13.2. The van der Waals surface area contributed by atoms with Crippen LogP contribution in [0.3, 0.4) is 0 Å². The van der Waals surface area contributed by atoms with Gasteiger partial charge >= 0.3 is 110 Å². The number of allylic oxidation sites excluding steroid dienone is 7. The number of aliphatic hydroxyl groups excluding tert-OH is 1. The van der Waals surface area contributed by atoms with E-state index < -0.39 is 116 Å². The molecule has 0 heterocycles. The Morgan fingerprint density at radius 3 is 1.05 bits per heavy atom. The van der Waals surface area contributed by atoms with Gasteiger partial charge in [-0.05, 0) is 167 Å². The fourth-order valence-electron chi connectivity index (χ4n) is 14.3. The zero-order valence-corrected chi connectivity index (χ0v) is 103. The summed E-state index contributed by atoms with van der Waals surface area (Å²) in [7, 11) is 17.7. The number of carbonyl (C=O) groups is 1. The van der Waals surface area contributed by atoms with Gasteiger partial charge in [0.15, 0.2) is 0 Å². The van der Waals surface area contributed by atoms with Crippen LogP contribution in [0.5, 0.6) is 0 Å². The van der Waals surface area contributed by atoms with Crippen LogP contribution in [0, 0.1) is 89.8 Å². The minimum atomic E-state index is -3.55. The van der Waals surface area contributed by atoms with Crippen LogP contribution in [0.15, 0.2) is 77.8 Å². The SMILES string of the molecule is C.C.C.C.C.C.C.C=C1CCCC1(F)F.CBr.CC(C)(C)[O-].CCC1CCCC1(F)F.COC(=O)C1CCCC1(F)F.Cc1ccc(S(=O)(=O)Cl)cc1.FC1(F)CCCC12C=C2.FC1(F)CCCC12C=C2.FC1(F)CCCC12C=C2.FC1(F)CCCC12CC2(Br)Br.FC1(F)CCCC12CC2Br.OCC1CCCC1(F)F.S=S=S=S=S.S=S=S=S=S=S=S.[2H][B].[Br-].[CH2-]C.[I-].[K+].[Mg+2].[Na+].[U]. The van der Waals surface area contributed by atoms with Gasteiger partial charge in [-0.3, -0.25) is 4.79 Å². The molecule has 1 aromatic carbocycles. The maximum Gasteiger partial charge on any atom is 2.00 e. The number of halogens is 25. The number of hydrogen-bond donors (Lipinski definition) is 1. The molecule has 131 heavy (non-hydrogen) atoms. The third-order valence-corrected chi connectivity index (χ3v) is 39.7. The molecule has 1 N–H and O–H groups in total. The van der Waals surface area contributed by atoms with Crippen molar-refractivity contribution in [2.45, 2.75) is 358 Å². The number of hydrogen-bond acceptors (Lipinski definition) is 10. The van der Waals surface area contributed by atoms with Crippen molar-refractivity contribution in [1.82, 2.24) is 0 Å². The molecule has 0 amide bonds. The summed E-state index contributed by atoms with van der Waals surface area (Å²) in [4.78, 5) is 11.0. The Labute approximate surface area is 990 Å². The quantitative estimate of drug-likeness (QED) is 0.0458. The van der Waals surface area contributed by atoms with E-state index in [2.05, 4.69) is 135 Å². The Bertz CT molecular complexity index is 3770. The third-order valence-electron chi connectivity index (χ3n) is 21.7. The Morgan fingerprint density at radius 1 is 0.580 bits per heavy atom. The first kappa shape index (κ1) is 166. The Kier molecular flexibility index (Phi) is 95.5. The van der Waals surface area contributed by atoms with Gasteiger partial charge in [-0.2, -0.15) is 6.92 Å². The minimum absolute atomic E-state index is 0. The first-order valence-corrected chi connectivity index (χ1v) is 57.1. The number of esters is 1. The Balaban J connectivity index is -0.0000000944. The van der Waals surface area contributed by atoms with Crippen molar-refractivity contribution in [2.75, 3.05) is 19.5 Å². The standard InChI is InChI=1S/C7H8Br2F2.C7H9BrF2.C7H7ClO2S.C7H10F2O2.3C7H8F2.C7H12F2.C6H10F2O.C6H8F2.C4H9O.C2H5.CH3Br.7CH4.BH.BrH.HI.K.Mg.Na.S7.S5.U/c8-6(9)4-5(6)2-1-3-7(5,10)11;8-5-4-6(5)2-1-3-7(6,9)10;1-6-2-4-7(5-3-6)11(8,9)10;1-11-6(10)5-3-2-4-7(5,8)9;3*8-7(9)3-1-2-6(7)4-5-6;1-2-6-4-3-5-7(6,8)9;7-6(8)3-1-2-5(6)4-9;1-5-3-2-4-6(5,7)8;1-4(2,3)5;2*1-2;;;;;;;;;;;;;;1-3-5-7-6-4-2;1-3-5-4-2;/h1-4H2;5H,1-4H2;2-5H,1H3;5H,2-4H2,1H3;3*4-5H,1-3H2;6H,2-5H2,1H3;5,9H,1-4H2;1-4H2;1-3H3;1H2,2H3;1H3;7*1H4;3*1H;;;;;;/q;;;;;;;;;;2*-1;;;;;;;;;;;;+1;+2;+1;;;/p-2/i;;;;;;;;;;;;;;;;;;;;1D;;;;;;;;. The van der Waals surface area contributed by atoms with Crippen LogP contribution in [-0.4, -0.2) is 139 Å². The van der Waals surface area contributed by atoms with Gasteiger partial charge in [0.1, 0.15) is 5.92 Å². The second kappa shape index (κ2) is 75.5. The van der Waals surface area contributed by atoms with Crippen LogP contribution >= 0.6 is 74.4 Å². The fourth-order valence-corrected chi connectivity index (χ4v) is 29.1. The molecule has 11 fully saturated rings. The van der Waals surface area contributed by atoms with Gasteiger partial charge in [0.2, 0.25) is 0 Å². The number of ether oxygens (including phenoxy) is 1. The smallest absolute Gasteiger partial charge is 1.00 e. The van der Waals surface area contributed by atoms with Gasteiger partial charge < -0.3 is 62.8 Å². The first-order chi connectivity index (χ1) is 54.9. The molecule has 14 aliphatic carbocycles. The number of benzene rings is 1. The number of alkyl halides is 22. The van der Waals surface area contributed by atoms with Crippen LogP contribution < -0.4 is 127 Å². The number of rotatable bonds is 4. The van der Waals surface area contributed by atoms with E-state index in [1.54, 1.807) is 103 Å². The van der Waals surface area contributed by atoms with Crippen molar-refractivity contribution in [3.63, 3.8) is 0 Å². The predicted molar refractivity (Wildman–Crippen MR) is 539 cm³/mol. The molecular formula is C82H134BBr5ClF18IKMgNaO6S13U. The molecule has 0 aromatic heterocycles. The number of methoxy groups -OCH3 is 1. The number of aliphatic hydroxyl groups is 1. The van der Waals surface area contributed by atoms with Crippen molar-refractivity contribution in [1.29, 1.82) is 1.34 Å². The van der Waals surface area contributed by atoms with Crippen LogP contribution in [0.4, 0.5) is 79.0 Å². The largest absolute Gasteiger partial charge is 2.00 e. The summed E-state index contributed by atoms with van der Waals surface area (Å²) < 4.78 is 259. The van der Waals surface area contributed by atoms with Crippen LogP contribution in [0.25, 0.3) is 0 Å². The summed E-state index contributed by atoms with van der Waals surface area (Å²) in [6, 6.07) is 6.37. The van der Waals surface area contributed by atoms with Gasteiger partial charge in [-0.25, -0.2) is 87.4 Å². The van der Waals surface area contributed by atoms with Gasteiger partial charge in [-0.15, -0.1) is 5.60 Å². The molecule has 0 aliphatic heterocycles.